The zero-order valence-corrected chi connectivity index (χ0v) is 10.5. The lowest BCUT2D eigenvalue weighted by atomic mass is 10.1. The summed E-state index contributed by atoms with van der Waals surface area (Å²) in [6, 6.07) is 4.24. The molecular formula is C13H17NO5. The zero-order chi connectivity index (χ0) is 13.7. The van der Waals surface area contributed by atoms with Crippen molar-refractivity contribution in [2.45, 2.75) is 12.5 Å². The Morgan fingerprint density at radius 3 is 2.58 bits per heavy atom. The molecule has 3 N–H and O–H groups in total. The van der Waals surface area contributed by atoms with E-state index in [0.717, 1.165) is 6.42 Å². The number of hydrogen-bond acceptors (Lipinski definition) is 5. The SMILES string of the molecule is O=C(NC(CO)CO)c1ccc2c(c1)OCCCO2. The molecule has 1 heterocycles. The third-order valence-corrected chi connectivity index (χ3v) is 2.79. The standard InChI is InChI=1S/C13H17NO5/c15-7-10(8-16)14-13(17)9-2-3-11-12(6-9)19-5-1-4-18-11/h2-3,6,10,15-16H,1,4-5,7-8H2,(H,14,17). The molecule has 19 heavy (non-hydrogen) atoms. The van der Waals surface area contributed by atoms with Crippen molar-refractivity contribution in [3.8, 4) is 11.5 Å². The van der Waals surface area contributed by atoms with Crippen molar-refractivity contribution in [1.29, 1.82) is 0 Å². The second-order valence-corrected chi connectivity index (χ2v) is 4.25. The van der Waals surface area contributed by atoms with Gasteiger partial charge in [-0.2, -0.15) is 0 Å². The number of amides is 1. The Morgan fingerprint density at radius 1 is 1.21 bits per heavy atom. The highest BCUT2D eigenvalue weighted by Gasteiger charge is 2.16. The number of carbonyl (C=O) groups excluding carboxylic acids is 1. The highest BCUT2D eigenvalue weighted by Crippen LogP contribution is 2.30. The first-order valence-electron chi connectivity index (χ1n) is 6.17. The maximum Gasteiger partial charge on any atom is 0.251 e. The van der Waals surface area contributed by atoms with E-state index in [1.807, 2.05) is 0 Å². The summed E-state index contributed by atoms with van der Waals surface area (Å²) in [5, 5.41) is 20.4. The van der Waals surface area contributed by atoms with Gasteiger partial charge >= 0.3 is 0 Å². The molecule has 6 nitrogen and oxygen atoms in total. The van der Waals surface area contributed by atoms with E-state index in [9.17, 15) is 4.79 Å². The Balaban J connectivity index is 2.12. The molecule has 0 atom stereocenters. The largest absolute Gasteiger partial charge is 0.490 e. The third kappa shape index (κ3) is 3.36. The van der Waals surface area contributed by atoms with E-state index in [1.54, 1.807) is 18.2 Å². The summed E-state index contributed by atoms with van der Waals surface area (Å²) in [4.78, 5) is 11.9. The quantitative estimate of drug-likeness (QED) is 0.711. The van der Waals surface area contributed by atoms with Crippen LogP contribution in [0.25, 0.3) is 0 Å². The Bertz CT molecular complexity index is 445. The molecule has 104 valence electrons. The Morgan fingerprint density at radius 2 is 1.89 bits per heavy atom. The van der Waals surface area contributed by atoms with Gasteiger partial charge in [0.2, 0.25) is 0 Å². The molecule has 1 aromatic carbocycles. The molecule has 0 aliphatic carbocycles. The van der Waals surface area contributed by atoms with Gasteiger partial charge in [-0.25, -0.2) is 0 Å². The number of nitrogens with one attached hydrogen (secondary N) is 1. The van der Waals surface area contributed by atoms with Crippen molar-refractivity contribution in [2.75, 3.05) is 26.4 Å². The van der Waals surface area contributed by atoms with E-state index in [-0.39, 0.29) is 19.1 Å². The van der Waals surface area contributed by atoms with Crippen molar-refractivity contribution in [3.05, 3.63) is 23.8 Å². The van der Waals surface area contributed by atoms with Crippen LogP contribution in [-0.2, 0) is 0 Å². The maximum absolute atomic E-state index is 11.9. The predicted octanol–water partition coefficient (Wildman–Crippen LogP) is -0.0691. The van der Waals surface area contributed by atoms with Gasteiger partial charge in [-0.3, -0.25) is 4.79 Å². The molecule has 0 fully saturated rings. The van der Waals surface area contributed by atoms with Crippen LogP contribution in [-0.4, -0.2) is 48.6 Å². The average molecular weight is 267 g/mol. The molecule has 0 saturated carbocycles. The minimum atomic E-state index is -0.663. The second-order valence-electron chi connectivity index (χ2n) is 4.25. The first-order valence-corrected chi connectivity index (χ1v) is 6.17. The van der Waals surface area contributed by atoms with Crippen LogP contribution in [0.15, 0.2) is 18.2 Å². The van der Waals surface area contributed by atoms with Gasteiger partial charge in [0.25, 0.3) is 5.91 Å². The second kappa shape index (κ2) is 6.40. The smallest absolute Gasteiger partial charge is 0.251 e. The lowest BCUT2D eigenvalue weighted by molar-refractivity contribution is 0.0879. The highest BCUT2D eigenvalue weighted by atomic mass is 16.5. The Hall–Kier alpha value is -1.79. The van der Waals surface area contributed by atoms with Crippen LogP contribution in [0.1, 0.15) is 16.8 Å². The van der Waals surface area contributed by atoms with Gasteiger partial charge in [0.05, 0.1) is 32.5 Å². The number of aliphatic hydroxyl groups excluding tert-OH is 2. The summed E-state index contributed by atoms with van der Waals surface area (Å²) in [7, 11) is 0. The van der Waals surface area contributed by atoms with Crippen LogP contribution in [0.3, 0.4) is 0 Å². The van der Waals surface area contributed by atoms with Gasteiger partial charge in [0, 0.05) is 12.0 Å². The van der Waals surface area contributed by atoms with Crippen LogP contribution in [0.2, 0.25) is 0 Å². The number of carbonyl (C=O) groups is 1. The van der Waals surface area contributed by atoms with E-state index < -0.39 is 6.04 Å². The summed E-state index contributed by atoms with van der Waals surface area (Å²) < 4.78 is 11.0. The molecule has 1 aliphatic rings. The van der Waals surface area contributed by atoms with Gasteiger partial charge in [-0.15, -0.1) is 0 Å². The fraction of sp³-hybridized carbons (Fsp3) is 0.462. The topological polar surface area (TPSA) is 88.0 Å². The fourth-order valence-corrected chi connectivity index (χ4v) is 1.72. The van der Waals surface area contributed by atoms with Crippen LogP contribution in [0.5, 0.6) is 11.5 Å². The van der Waals surface area contributed by atoms with E-state index in [2.05, 4.69) is 5.32 Å². The summed E-state index contributed by atoms with van der Waals surface area (Å²) in [6.45, 7) is 0.517. The van der Waals surface area contributed by atoms with Gasteiger partial charge in [0.1, 0.15) is 0 Å². The van der Waals surface area contributed by atoms with Crippen LogP contribution in [0, 0.1) is 0 Å². The average Bonchev–Trinajstić information content (AvgIpc) is 2.68. The molecule has 0 saturated heterocycles. The predicted molar refractivity (Wildman–Crippen MR) is 67.5 cm³/mol. The normalized spacial score (nSPS) is 14.1. The molecule has 0 radical (unpaired) electrons. The molecule has 6 heteroatoms. The van der Waals surface area contributed by atoms with Crippen LogP contribution in [0.4, 0.5) is 0 Å². The van der Waals surface area contributed by atoms with Crippen molar-refractivity contribution in [2.24, 2.45) is 0 Å². The van der Waals surface area contributed by atoms with Crippen LogP contribution >= 0.6 is 0 Å². The van der Waals surface area contributed by atoms with Gasteiger partial charge in [-0.05, 0) is 18.2 Å². The summed E-state index contributed by atoms with van der Waals surface area (Å²) >= 11 is 0. The fourth-order valence-electron chi connectivity index (χ4n) is 1.72. The number of rotatable bonds is 4. The van der Waals surface area contributed by atoms with Gasteiger partial charge in [-0.1, -0.05) is 0 Å². The van der Waals surface area contributed by atoms with E-state index in [0.29, 0.717) is 30.3 Å². The van der Waals surface area contributed by atoms with Crippen molar-refractivity contribution < 1.29 is 24.5 Å². The summed E-state index contributed by atoms with van der Waals surface area (Å²) in [5.41, 5.74) is 0.399. The van der Waals surface area contributed by atoms with Crippen molar-refractivity contribution in [1.82, 2.24) is 5.32 Å². The highest BCUT2D eigenvalue weighted by molar-refractivity contribution is 5.95. The molecule has 1 amide bonds. The van der Waals surface area contributed by atoms with E-state index in [4.69, 9.17) is 19.7 Å². The van der Waals surface area contributed by atoms with Crippen molar-refractivity contribution in [3.63, 3.8) is 0 Å². The molecule has 2 rings (SSSR count). The number of fused-ring (bicyclic) bond motifs is 1. The number of ether oxygens (including phenoxy) is 2. The molecule has 0 unspecified atom stereocenters. The van der Waals surface area contributed by atoms with Crippen molar-refractivity contribution >= 4 is 5.91 Å². The molecule has 1 aromatic rings. The summed E-state index contributed by atoms with van der Waals surface area (Å²) in [6.07, 6.45) is 0.799. The van der Waals surface area contributed by atoms with Gasteiger partial charge < -0.3 is 25.0 Å². The number of hydrogen-bond donors (Lipinski definition) is 3. The zero-order valence-electron chi connectivity index (χ0n) is 10.5. The van der Waals surface area contributed by atoms with Crippen LogP contribution < -0.4 is 14.8 Å². The third-order valence-electron chi connectivity index (χ3n) is 2.79. The van der Waals surface area contributed by atoms with Gasteiger partial charge in [0.15, 0.2) is 11.5 Å². The van der Waals surface area contributed by atoms with E-state index >= 15 is 0 Å². The molecular weight excluding hydrogens is 250 g/mol. The first kappa shape index (κ1) is 13.6. The molecule has 0 aromatic heterocycles. The van der Waals surface area contributed by atoms with E-state index in [1.165, 1.54) is 0 Å². The first-order chi connectivity index (χ1) is 9.24. The Kier molecular flexibility index (Phi) is 4.59. The lowest BCUT2D eigenvalue weighted by Crippen LogP contribution is -2.40. The Labute approximate surface area is 111 Å². The monoisotopic (exact) mass is 267 g/mol. The molecule has 1 aliphatic heterocycles. The minimum Gasteiger partial charge on any atom is -0.490 e. The maximum atomic E-state index is 11.9. The minimum absolute atomic E-state index is 0.313. The lowest BCUT2D eigenvalue weighted by Gasteiger charge is -2.14. The molecule has 0 spiro atoms. The number of aliphatic hydroxyl groups is 2. The number of benzene rings is 1. The molecule has 0 bridgehead atoms. The summed E-state index contributed by atoms with van der Waals surface area (Å²) in [5.74, 6) is 0.786.